The Kier molecular flexibility index (Phi) is 4.93. The van der Waals surface area contributed by atoms with Crippen LogP contribution < -0.4 is 9.64 Å². The SMILES string of the molecule is CCn1c(-c2cnc(C)nc2)nc2c(OC3CCN(c4cc(C)ccn4)C3)ncnc21. The Hall–Kier alpha value is -3.62. The fourth-order valence-corrected chi connectivity index (χ4v) is 3.91. The molecule has 4 aromatic heterocycles. The van der Waals surface area contributed by atoms with Crippen LogP contribution in [0.1, 0.15) is 24.7 Å². The summed E-state index contributed by atoms with van der Waals surface area (Å²) in [6.45, 7) is 8.37. The molecule has 0 spiro atoms. The maximum Gasteiger partial charge on any atom is 0.245 e. The molecule has 1 fully saturated rings. The quantitative estimate of drug-likeness (QED) is 0.490. The van der Waals surface area contributed by atoms with Crippen molar-refractivity contribution >= 4 is 17.0 Å². The number of fused-ring (bicyclic) bond motifs is 1. The number of anilines is 1. The molecule has 0 bridgehead atoms. The normalized spacial score (nSPS) is 16.2. The zero-order valence-corrected chi connectivity index (χ0v) is 17.9. The molecular formula is C22H24N8O. The van der Waals surface area contributed by atoms with Gasteiger partial charge in [-0.3, -0.25) is 0 Å². The lowest BCUT2D eigenvalue weighted by Crippen LogP contribution is -2.25. The Balaban J connectivity index is 1.44. The maximum atomic E-state index is 6.31. The predicted molar refractivity (Wildman–Crippen MR) is 117 cm³/mol. The van der Waals surface area contributed by atoms with Gasteiger partial charge in [0.1, 0.15) is 29.9 Å². The fourth-order valence-electron chi connectivity index (χ4n) is 3.91. The Morgan fingerprint density at radius 1 is 1.10 bits per heavy atom. The van der Waals surface area contributed by atoms with E-state index in [-0.39, 0.29) is 6.10 Å². The van der Waals surface area contributed by atoms with Crippen molar-refractivity contribution in [3.8, 4) is 17.3 Å². The molecule has 0 aliphatic carbocycles. The van der Waals surface area contributed by atoms with Crippen LogP contribution in [0.25, 0.3) is 22.6 Å². The van der Waals surface area contributed by atoms with E-state index >= 15 is 0 Å². The van der Waals surface area contributed by atoms with Crippen molar-refractivity contribution in [2.75, 3.05) is 18.0 Å². The van der Waals surface area contributed by atoms with E-state index in [1.165, 1.54) is 11.9 Å². The van der Waals surface area contributed by atoms with Gasteiger partial charge in [0.25, 0.3) is 0 Å². The average Bonchev–Trinajstić information content (AvgIpc) is 3.39. The van der Waals surface area contributed by atoms with Crippen molar-refractivity contribution < 1.29 is 4.74 Å². The first-order valence-electron chi connectivity index (χ1n) is 10.5. The van der Waals surface area contributed by atoms with Gasteiger partial charge in [-0.2, -0.15) is 4.98 Å². The lowest BCUT2D eigenvalue weighted by Gasteiger charge is -2.18. The molecule has 31 heavy (non-hydrogen) atoms. The second kappa shape index (κ2) is 7.90. The number of hydrogen-bond acceptors (Lipinski definition) is 8. The van der Waals surface area contributed by atoms with E-state index in [1.807, 2.05) is 23.8 Å². The standard InChI is InChI=1S/C22H24N8O/c1-4-30-20(16-10-24-15(3)25-11-16)28-19-21(30)26-13-27-22(19)31-17-6-8-29(12-17)18-9-14(2)5-7-23-18/h5,7,9-11,13,17H,4,6,8,12H2,1-3H3. The zero-order valence-electron chi connectivity index (χ0n) is 17.9. The predicted octanol–water partition coefficient (Wildman–Crippen LogP) is 2.97. The monoisotopic (exact) mass is 416 g/mol. The van der Waals surface area contributed by atoms with Crippen LogP contribution in [0.4, 0.5) is 5.82 Å². The van der Waals surface area contributed by atoms with Crippen LogP contribution in [0.2, 0.25) is 0 Å². The third-order valence-electron chi connectivity index (χ3n) is 5.50. The highest BCUT2D eigenvalue weighted by molar-refractivity contribution is 5.81. The highest BCUT2D eigenvalue weighted by Crippen LogP contribution is 2.29. The Bertz CT molecular complexity index is 1220. The molecule has 0 N–H and O–H groups in total. The second-order valence-electron chi connectivity index (χ2n) is 7.72. The van der Waals surface area contributed by atoms with E-state index < -0.39 is 0 Å². The molecule has 0 amide bonds. The summed E-state index contributed by atoms with van der Waals surface area (Å²) in [5.74, 6) is 2.98. The summed E-state index contributed by atoms with van der Waals surface area (Å²) < 4.78 is 8.35. The molecule has 1 aliphatic heterocycles. The third-order valence-corrected chi connectivity index (χ3v) is 5.50. The van der Waals surface area contributed by atoms with Gasteiger partial charge in [0, 0.05) is 38.1 Å². The second-order valence-corrected chi connectivity index (χ2v) is 7.72. The van der Waals surface area contributed by atoms with Crippen LogP contribution >= 0.6 is 0 Å². The van der Waals surface area contributed by atoms with E-state index in [9.17, 15) is 0 Å². The van der Waals surface area contributed by atoms with Crippen LogP contribution in [-0.4, -0.2) is 53.7 Å². The van der Waals surface area contributed by atoms with Crippen molar-refractivity contribution in [2.24, 2.45) is 0 Å². The number of pyridine rings is 1. The number of aromatic nitrogens is 7. The van der Waals surface area contributed by atoms with Crippen molar-refractivity contribution in [3.63, 3.8) is 0 Å². The molecule has 1 saturated heterocycles. The lowest BCUT2D eigenvalue weighted by molar-refractivity contribution is 0.218. The molecule has 9 heteroatoms. The van der Waals surface area contributed by atoms with Crippen LogP contribution in [0, 0.1) is 13.8 Å². The lowest BCUT2D eigenvalue weighted by atomic mass is 10.3. The third kappa shape index (κ3) is 3.67. The average molecular weight is 416 g/mol. The van der Waals surface area contributed by atoms with Crippen molar-refractivity contribution in [1.29, 1.82) is 0 Å². The molecular weight excluding hydrogens is 392 g/mol. The van der Waals surface area contributed by atoms with Gasteiger partial charge in [-0.1, -0.05) is 0 Å². The summed E-state index contributed by atoms with van der Waals surface area (Å²) in [5.41, 5.74) is 3.45. The van der Waals surface area contributed by atoms with E-state index in [1.54, 1.807) is 12.4 Å². The van der Waals surface area contributed by atoms with Crippen LogP contribution in [0.5, 0.6) is 5.88 Å². The first kappa shape index (κ1) is 19.3. The summed E-state index contributed by atoms with van der Waals surface area (Å²) >= 11 is 0. The largest absolute Gasteiger partial charge is 0.471 e. The molecule has 1 aliphatic rings. The fraction of sp³-hybridized carbons (Fsp3) is 0.364. The molecule has 0 radical (unpaired) electrons. The first-order valence-corrected chi connectivity index (χ1v) is 10.5. The molecule has 158 valence electrons. The summed E-state index contributed by atoms with van der Waals surface area (Å²) in [7, 11) is 0. The number of aryl methyl sites for hydroxylation is 3. The van der Waals surface area contributed by atoms with Crippen LogP contribution in [-0.2, 0) is 6.54 Å². The molecule has 5 heterocycles. The van der Waals surface area contributed by atoms with Gasteiger partial charge in [0.05, 0.1) is 12.1 Å². The molecule has 1 atom stereocenters. The molecule has 4 aromatic rings. The molecule has 0 aromatic carbocycles. The number of imidazole rings is 1. The summed E-state index contributed by atoms with van der Waals surface area (Å²) in [6, 6.07) is 4.11. The van der Waals surface area contributed by atoms with Crippen LogP contribution in [0.3, 0.4) is 0 Å². The van der Waals surface area contributed by atoms with Gasteiger partial charge < -0.3 is 14.2 Å². The van der Waals surface area contributed by atoms with Crippen LogP contribution in [0.15, 0.2) is 37.1 Å². The molecule has 0 saturated carbocycles. The van der Waals surface area contributed by atoms with Gasteiger partial charge in [0.2, 0.25) is 5.88 Å². The minimum atomic E-state index is 0.0124. The summed E-state index contributed by atoms with van der Waals surface area (Å²) in [6.07, 6.45) is 7.86. The number of ether oxygens (including phenoxy) is 1. The molecule has 9 nitrogen and oxygen atoms in total. The topological polar surface area (TPSA) is 94.7 Å². The number of nitrogens with zero attached hydrogens (tertiary/aromatic N) is 8. The van der Waals surface area contributed by atoms with Crippen molar-refractivity contribution in [2.45, 2.75) is 39.8 Å². The summed E-state index contributed by atoms with van der Waals surface area (Å²) in [5, 5.41) is 0. The van der Waals surface area contributed by atoms with Gasteiger partial charge in [-0.25, -0.2) is 24.9 Å². The van der Waals surface area contributed by atoms with Gasteiger partial charge in [0.15, 0.2) is 11.2 Å². The van der Waals surface area contributed by atoms with E-state index in [2.05, 4.69) is 49.7 Å². The number of hydrogen-bond donors (Lipinski definition) is 0. The minimum absolute atomic E-state index is 0.0124. The highest BCUT2D eigenvalue weighted by Gasteiger charge is 2.27. The number of rotatable bonds is 5. The molecule has 5 rings (SSSR count). The first-order chi connectivity index (χ1) is 15.1. The molecule has 1 unspecified atom stereocenters. The minimum Gasteiger partial charge on any atom is -0.471 e. The van der Waals surface area contributed by atoms with Crippen molar-refractivity contribution in [3.05, 3.63) is 48.4 Å². The Labute approximate surface area is 180 Å². The zero-order chi connectivity index (χ0) is 21.4. The Morgan fingerprint density at radius 3 is 2.71 bits per heavy atom. The van der Waals surface area contributed by atoms with E-state index in [4.69, 9.17) is 9.72 Å². The smallest absolute Gasteiger partial charge is 0.245 e. The van der Waals surface area contributed by atoms with Gasteiger partial charge >= 0.3 is 0 Å². The Morgan fingerprint density at radius 2 is 1.94 bits per heavy atom. The van der Waals surface area contributed by atoms with E-state index in [0.29, 0.717) is 17.9 Å². The van der Waals surface area contributed by atoms with Gasteiger partial charge in [-0.05, 0) is 38.5 Å². The van der Waals surface area contributed by atoms with Gasteiger partial charge in [-0.15, -0.1) is 0 Å². The maximum absolute atomic E-state index is 6.31. The summed E-state index contributed by atoms with van der Waals surface area (Å²) in [4.78, 5) is 29.1. The van der Waals surface area contributed by atoms with Crippen molar-refractivity contribution in [1.82, 2.24) is 34.5 Å². The van der Waals surface area contributed by atoms with E-state index in [0.717, 1.165) is 48.2 Å². The highest BCUT2D eigenvalue weighted by atomic mass is 16.5.